The lowest BCUT2D eigenvalue weighted by Crippen LogP contribution is -2.48. The van der Waals surface area contributed by atoms with Gasteiger partial charge in [0.05, 0.1) is 18.7 Å². The number of para-hydroxylation sites is 1. The summed E-state index contributed by atoms with van der Waals surface area (Å²) in [4.78, 5) is 28.9. The molecule has 0 aliphatic carbocycles. The summed E-state index contributed by atoms with van der Waals surface area (Å²) in [6.45, 7) is 0.479. The lowest BCUT2D eigenvalue weighted by molar-refractivity contribution is -0.123. The van der Waals surface area contributed by atoms with Crippen LogP contribution in [0.3, 0.4) is 0 Å². The molecule has 2 atom stereocenters. The zero-order valence-corrected chi connectivity index (χ0v) is 18.9. The van der Waals surface area contributed by atoms with Crippen LogP contribution in [-0.2, 0) is 4.79 Å². The monoisotopic (exact) mass is 435 g/mol. The topological polar surface area (TPSA) is 70.7 Å². The second-order valence-electron chi connectivity index (χ2n) is 6.75. The van der Waals surface area contributed by atoms with E-state index >= 15 is 0 Å². The third-order valence-electron chi connectivity index (χ3n) is 4.55. The van der Waals surface area contributed by atoms with E-state index in [1.807, 2.05) is 31.8 Å². The minimum Gasteiger partial charge on any atom is -0.496 e. The first kappa shape index (κ1) is 23.3. The highest BCUT2D eigenvalue weighted by Crippen LogP contribution is 2.22. The molecule has 0 radical (unpaired) electrons. The van der Waals surface area contributed by atoms with Gasteiger partial charge in [0.1, 0.15) is 11.8 Å². The maximum atomic E-state index is 12.9. The van der Waals surface area contributed by atoms with E-state index in [1.165, 1.54) is 12.0 Å². The molecule has 0 bridgehead atoms. The van der Waals surface area contributed by atoms with Gasteiger partial charge in [0.25, 0.3) is 5.91 Å². The number of thiophene rings is 1. The highest BCUT2D eigenvalue weighted by molar-refractivity contribution is 7.98. The number of nitrogens with one attached hydrogen (secondary N) is 2. The number of amides is 2. The number of likely N-dealkylation sites (N-methyl/N-ethyl adjacent to an activating group) is 1. The van der Waals surface area contributed by atoms with E-state index in [1.54, 1.807) is 47.4 Å². The van der Waals surface area contributed by atoms with Crippen molar-refractivity contribution < 1.29 is 14.3 Å². The van der Waals surface area contributed by atoms with E-state index in [4.69, 9.17) is 4.74 Å². The molecule has 158 valence electrons. The summed E-state index contributed by atoms with van der Waals surface area (Å²) in [5, 5.41) is 7.92. The van der Waals surface area contributed by atoms with E-state index in [-0.39, 0.29) is 17.9 Å². The minimum atomic E-state index is -0.606. The fourth-order valence-corrected chi connectivity index (χ4v) is 4.31. The van der Waals surface area contributed by atoms with Gasteiger partial charge in [0, 0.05) is 11.4 Å². The number of carbonyl (C=O) groups excluding carboxylic acids is 2. The Bertz CT molecular complexity index is 781. The number of carbonyl (C=O) groups is 2. The molecular formula is C21H29N3O3S2. The number of methoxy groups -OCH3 is 1. The van der Waals surface area contributed by atoms with Gasteiger partial charge in [-0.15, -0.1) is 11.3 Å². The molecule has 29 heavy (non-hydrogen) atoms. The maximum absolute atomic E-state index is 12.9. The molecule has 2 N–H and O–H groups in total. The number of benzene rings is 1. The Labute approximate surface area is 181 Å². The summed E-state index contributed by atoms with van der Waals surface area (Å²) in [6, 6.07) is 10.6. The van der Waals surface area contributed by atoms with Gasteiger partial charge in [0.15, 0.2) is 0 Å². The van der Waals surface area contributed by atoms with Crippen LogP contribution in [0.1, 0.15) is 27.7 Å². The first-order valence-corrected chi connectivity index (χ1v) is 11.7. The van der Waals surface area contributed by atoms with Crippen molar-refractivity contribution in [1.29, 1.82) is 0 Å². The molecule has 0 saturated heterocycles. The maximum Gasteiger partial charge on any atom is 0.255 e. The standard InChI is InChI=1S/C21H29N3O3S2/c1-24(2)17(19-10-7-12-29-19)14-22-21(26)16(11-13-28-4)23-20(25)15-8-5-6-9-18(15)27-3/h5-10,12,16-17H,11,13-14H2,1-4H3,(H,22,26)(H,23,25)/t16-,17-/m0/s1. The SMILES string of the molecule is COc1ccccc1C(=O)N[C@@H](CCSC)C(=O)NC[C@@H](c1cccs1)N(C)C. The van der Waals surface area contributed by atoms with Gasteiger partial charge in [0.2, 0.25) is 5.91 Å². The molecule has 1 heterocycles. The quantitative estimate of drug-likeness (QED) is 0.568. The molecule has 1 aromatic carbocycles. The minimum absolute atomic E-state index is 0.0880. The van der Waals surface area contributed by atoms with Crippen molar-refractivity contribution >= 4 is 34.9 Å². The Morgan fingerprint density at radius 2 is 1.97 bits per heavy atom. The lowest BCUT2D eigenvalue weighted by Gasteiger charge is -2.25. The van der Waals surface area contributed by atoms with Crippen LogP contribution in [0.4, 0.5) is 0 Å². The van der Waals surface area contributed by atoms with E-state index in [0.29, 0.717) is 24.3 Å². The largest absolute Gasteiger partial charge is 0.496 e. The van der Waals surface area contributed by atoms with Crippen LogP contribution in [0.25, 0.3) is 0 Å². The smallest absolute Gasteiger partial charge is 0.255 e. The van der Waals surface area contributed by atoms with Crippen molar-refractivity contribution in [2.45, 2.75) is 18.5 Å². The number of nitrogens with zero attached hydrogens (tertiary/aromatic N) is 1. The summed E-state index contributed by atoms with van der Waals surface area (Å²) in [7, 11) is 5.51. The van der Waals surface area contributed by atoms with Crippen LogP contribution in [0.5, 0.6) is 5.75 Å². The fraction of sp³-hybridized carbons (Fsp3) is 0.429. The fourth-order valence-electron chi connectivity index (χ4n) is 2.91. The Hall–Kier alpha value is -2.03. The summed E-state index contributed by atoms with van der Waals surface area (Å²) in [5.74, 6) is 0.767. The molecule has 8 heteroatoms. The second kappa shape index (κ2) is 11.8. The lowest BCUT2D eigenvalue weighted by atomic mass is 10.1. The van der Waals surface area contributed by atoms with Crippen LogP contribution < -0.4 is 15.4 Å². The number of thioether (sulfide) groups is 1. The zero-order chi connectivity index (χ0) is 21.2. The van der Waals surface area contributed by atoms with Crippen molar-refractivity contribution in [3.05, 3.63) is 52.2 Å². The molecule has 6 nitrogen and oxygen atoms in total. The molecule has 0 fully saturated rings. The number of ether oxygens (including phenoxy) is 1. The van der Waals surface area contributed by atoms with E-state index < -0.39 is 6.04 Å². The molecule has 2 rings (SSSR count). The third-order valence-corrected chi connectivity index (χ3v) is 6.17. The average Bonchev–Trinajstić information content (AvgIpc) is 3.25. The van der Waals surface area contributed by atoms with Crippen molar-refractivity contribution in [3.63, 3.8) is 0 Å². The second-order valence-corrected chi connectivity index (χ2v) is 8.71. The molecule has 0 unspecified atom stereocenters. The van der Waals surface area contributed by atoms with Gasteiger partial charge in [-0.1, -0.05) is 18.2 Å². The van der Waals surface area contributed by atoms with E-state index in [0.717, 1.165) is 5.75 Å². The number of rotatable bonds is 11. The van der Waals surface area contributed by atoms with Crippen molar-refractivity contribution in [3.8, 4) is 5.75 Å². The van der Waals surface area contributed by atoms with E-state index in [9.17, 15) is 9.59 Å². The van der Waals surface area contributed by atoms with Gasteiger partial charge in [-0.25, -0.2) is 0 Å². The van der Waals surface area contributed by atoms with Crippen molar-refractivity contribution in [1.82, 2.24) is 15.5 Å². The van der Waals surface area contributed by atoms with Crippen molar-refractivity contribution in [2.75, 3.05) is 39.8 Å². The van der Waals surface area contributed by atoms with Crippen LogP contribution >= 0.6 is 23.1 Å². The van der Waals surface area contributed by atoms with Gasteiger partial charge in [-0.2, -0.15) is 11.8 Å². The molecule has 0 aliphatic heterocycles. The van der Waals surface area contributed by atoms with Gasteiger partial charge in [-0.3, -0.25) is 9.59 Å². The number of hydrogen-bond donors (Lipinski definition) is 2. The van der Waals surface area contributed by atoms with Crippen LogP contribution in [0.2, 0.25) is 0 Å². The molecule has 0 saturated carbocycles. The Morgan fingerprint density at radius 1 is 1.21 bits per heavy atom. The molecule has 1 aromatic heterocycles. The first-order chi connectivity index (χ1) is 14.0. The van der Waals surface area contributed by atoms with Crippen molar-refractivity contribution in [2.24, 2.45) is 0 Å². The molecular weight excluding hydrogens is 406 g/mol. The van der Waals surface area contributed by atoms with E-state index in [2.05, 4.69) is 21.6 Å². The highest BCUT2D eigenvalue weighted by Gasteiger charge is 2.24. The van der Waals surface area contributed by atoms with Crippen LogP contribution in [0, 0.1) is 0 Å². The van der Waals surface area contributed by atoms with Crippen LogP contribution in [0.15, 0.2) is 41.8 Å². The Morgan fingerprint density at radius 3 is 2.59 bits per heavy atom. The Kier molecular flexibility index (Phi) is 9.50. The highest BCUT2D eigenvalue weighted by atomic mass is 32.2. The molecule has 0 aliphatic rings. The number of hydrogen-bond acceptors (Lipinski definition) is 6. The normalized spacial score (nSPS) is 13.0. The predicted octanol–water partition coefficient (Wildman–Crippen LogP) is 3.03. The summed E-state index contributed by atoms with van der Waals surface area (Å²) < 4.78 is 5.27. The van der Waals surface area contributed by atoms with Crippen LogP contribution in [-0.4, -0.2) is 62.5 Å². The first-order valence-electron chi connectivity index (χ1n) is 9.38. The van der Waals surface area contributed by atoms with Gasteiger partial charge >= 0.3 is 0 Å². The van der Waals surface area contributed by atoms with Gasteiger partial charge < -0.3 is 20.3 Å². The molecule has 0 spiro atoms. The Balaban J connectivity index is 2.06. The zero-order valence-electron chi connectivity index (χ0n) is 17.3. The predicted molar refractivity (Wildman–Crippen MR) is 121 cm³/mol. The summed E-state index contributed by atoms with van der Waals surface area (Å²) >= 11 is 3.31. The molecule has 2 aromatic rings. The summed E-state index contributed by atoms with van der Waals surface area (Å²) in [6.07, 6.45) is 2.54. The average molecular weight is 436 g/mol. The third kappa shape index (κ3) is 6.76. The summed E-state index contributed by atoms with van der Waals surface area (Å²) in [5.41, 5.74) is 0.418. The molecule has 2 amide bonds. The van der Waals surface area contributed by atoms with Gasteiger partial charge in [-0.05, 0) is 56.1 Å².